The van der Waals surface area contributed by atoms with Crippen LogP contribution in [0.5, 0.6) is 0 Å². The van der Waals surface area contributed by atoms with Gasteiger partial charge in [0, 0.05) is 19.9 Å². The Hall–Kier alpha value is -1.34. The topological polar surface area (TPSA) is 76.1 Å². The number of rotatable bonds is 2. The minimum atomic E-state index is -1.24. The zero-order valence-corrected chi connectivity index (χ0v) is 14.8. The minimum Gasteiger partial charge on any atom is -0.480 e. The van der Waals surface area contributed by atoms with Crippen LogP contribution in [0.2, 0.25) is 0 Å². The number of carbonyl (C=O) groups excluding carboxylic acids is 2. The molecule has 2 atom stereocenters. The highest BCUT2D eigenvalue weighted by Crippen LogP contribution is 2.39. The van der Waals surface area contributed by atoms with Crippen molar-refractivity contribution >= 4 is 27.7 Å². The zero-order chi connectivity index (χ0) is 16.8. The maximum atomic E-state index is 12.6. The van der Waals surface area contributed by atoms with Crippen molar-refractivity contribution < 1.29 is 24.2 Å². The van der Waals surface area contributed by atoms with Crippen molar-refractivity contribution in [2.45, 2.75) is 44.9 Å². The Labute approximate surface area is 143 Å². The van der Waals surface area contributed by atoms with Crippen molar-refractivity contribution in [1.82, 2.24) is 4.90 Å². The molecule has 0 spiro atoms. The fraction of sp³-hybridized carbons (Fsp3) is 0.625. The molecule has 6 nitrogen and oxygen atoms in total. The van der Waals surface area contributed by atoms with Crippen molar-refractivity contribution in [1.29, 1.82) is 0 Å². The monoisotopic (exact) mass is 385 g/mol. The maximum Gasteiger partial charge on any atom is 0.345 e. The summed E-state index contributed by atoms with van der Waals surface area (Å²) in [7, 11) is 0. The number of aliphatic hydroxyl groups is 1. The van der Waals surface area contributed by atoms with E-state index in [1.165, 1.54) is 20.3 Å². The van der Waals surface area contributed by atoms with E-state index in [1.54, 1.807) is 0 Å². The summed E-state index contributed by atoms with van der Waals surface area (Å²) in [6, 6.07) is -0.272. The van der Waals surface area contributed by atoms with E-state index in [-0.39, 0.29) is 17.4 Å². The number of cyclic esters (lactones) is 1. The number of nitrogens with zero attached hydrogens (tertiary/aromatic N) is 1. The molecule has 2 heterocycles. The maximum absolute atomic E-state index is 12.6. The van der Waals surface area contributed by atoms with E-state index in [0.29, 0.717) is 4.48 Å². The summed E-state index contributed by atoms with van der Waals surface area (Å²) in [6.07, 6.45) is 5.09. The number of allylic oxidation sites excluding steroid dienone is 1. The number of carbonyl (C=O) groups is 2. The number of ketones is 1. The number of ether oxygens (including phenoxy) is 2. The van der Waals surface area contributed by atoms with Crippen molar-refractivity contribution in [2.24, 2.45) is 5.92 Å². The molecule has 1 aliphatic carbocycles. The van der Waals surface area contributed by atoms with Crippen LogP contribution in [-0.2, 0) is 19.1 Å². The quantitative estimate of drug-likeness (QED) is 0.735. The lowest BCUT2D eigenvalue weighted by Crippen LogP contribution is -2.47. The highest BCUT2D eigenvalue weighted by atomic mass is 79.9. The Morgan fingerprint density at radius 3 is 2.48 bits per heavy atom. The molecule has 0 aromatic carbocycles. The van der Waals surface area contributed by atoms with Gasteiger partial charge in [-0.25, -0.2) is 4.79 Å². The van der Waals surface area contributed by atoms with Crippen LogP contribution in [0.4, 0.5) is 0 Å². The van der Waals surface area contributed by atoms with Crippen LogP contribution in [0.15, 0.2) is 22.1 Å². The highest BCUT2D eigenvalue weighted by molar-refractivity contribution is 9.12. The summed E-state index contributed by atoms with van der Waals surface area (Å²) in [5.41, 5.74) is -0.0874. The lowest BCUT2D eigenvalue weighted by Gasteiger charge is -2.37. The minimum absolute atomic E-state index is 0.0874. The van der Waals surface area contributed by atoms with Gasteiger partial charge in [-0.15, -0.1) is 0 Å². The number of Topliss-reactive ketones (excluding diaryl/α,β-unsaturated/α-hetero) is 1. The molecule has 7 heteroatoms. The molecular weight excluding hydrogens is 366 g/mol. The lowest BCUT2D eigenvalue weighted by atomic mass is 9.90. The van der Waals surface area contributed by atoms with E-state index < -0.39 is 23.6 Å². The normalized spacial score (nSPS) is 31.7. The van der Waals surface area contributed by atoms with E-state index in [9.17, 15) is 14.7 Å². The summed E-state index contributed by atoms with van der Waals surface area (Å²) in [4.78, 5) is 27.1. The van der Waals surface area contributed by atoms with Crippen LogP contribution < -0.4 is 0 Å². The molecule has 23 heavy (non-hydrogen) atoms. The van der Waals surface area contributed by atoms with Crippen molar-refractivity contribution in [3.8, 4) is 0 Å². The summed E-state index contributed by atoms with van der Waals surface area (Å²) >= 11 is 3.27. The Kier molecular flexibility index (Phi) is 4.27. The number of piperidine rings is 1. The predicted octanol–water partition coefficient (Wildman–Crippen LogP) is 2.40. The van der Waals surface area contributed by atoms with Crippen LogP contribution in [0.25, 0.3) is 0 Å². The Balaban J connectivity index is 1.95. The number of aliphatic hydroxyl groups excluding tert-OH is 1. The first-order chi connectivity index (χ1) is 10.8. The van der Waals surface area contributed by atoms with Gasteiger partial charge >= 0.3 is 5.97 Å². The number of hydrogen-bond donors (Lipinski definition) is 1. The third-order valence-corrected chi connectivity index (χ3v) is 5.09. The standard InChI is InChI=1S/C16H20BrNO5/c1-16(2)22-14(20)12(15(21)23-16)11-10(8-9(17)13(11)19)18-6-4-3-5-7-18/h8,10-11,20H,3-7H2,1-2H3/t10-,11+/m1/s1. The smallest absolute Gasteiger partial charge is 0.345 e. The second kappa shape index (κ2) is 5.94. The molecule has 0 aromatic heterocycles. The predicted molar refractivity (Wildman–Crippen MR) is 85.6 cm³/mol. The first kappa shape index (κ1) is 16.5. The van der Waals surface area contributed by atoms with Crippen LogP contribution in [0, 0.1) is 5.92 Å². The molecule has 0 aromatic rings. The lowest BCUT2D eigenvalue weighted by molar-refractivity contribution is -0.223. The fourth-order valence-electron chi connectivity index (χ4n) is 3.40. The zero-order valence-electron chi connectivity index (χ0n) is 13.2. The molecule has 1 saturated heterocycles. The first-order valence-electron chi connectivity index (χ1n) is 7.81. The van der Waals surface area contributed by atoms with Gasteiger partial charge in [-0.3, -0.25) is 9.69 Å². The Bertz CT molecular complexity index is 604. The second-order valence-electron chi connectivity index (χ2n) is 6.55. The first-order valence-corrected chi connectivity index (χ1v) is 8.60. The van der Waals surface area contributed by atoms with Crippen LogP contribution in [-0.4, -0.2) is 46.7 Å². The van der Waals surface area contributed by atoms with Crippen molar-refractivity contribution in [3.63, 3.8) is 0 Å². The van der Waals surface area contributed by atoms with Crippen LogP contribution >= 0.6 is 15.9 Å². The van der Waals surface area contributed by atoms with E-state index in [0.717, 1.165) is 25.9 Å². The van der Waals surface area contributed by atoms with E-state index in [1.807, 2.05) is 6.08 Å². The van der Waals surface area contributed by atoms with Crippen molar-refractivity contribution in [3.05, 3.63) is 22.1 Å². The van der Waals surface area contributed by atoms with E-state index in [2.05, 4.69) is 20.8 Å². The summed E-state index contributed by atoms with van der Waals surface area (Å²) in [6.45, 7) is 4.79. The average Bonchev–Trinajstić information content (AvgIpc) is 2.75. The molecule has 0 unspecified atom stereocenters. The largest absolute Gasteiger partial charge is 0.480 e. The molecular formula is C16H20BrNO5. The number of hydrogen-bond acceptors (Lipinski definition) is 6. The highest BCUT2D eigenvalue weighted by Gasteiger charge is 2.49. The van der Waals surface area contributed by atoms with Gasteiger partial charge in [0.2, 0.25) is 0 Å². The van der Waals surface area contributed by atoms with Gasteiger partial charge in [-0.1, -0.05) is 6.42 Å². The summed E-state index contributed by atoms with van der Waals surface area (Å²) in [5.74, 6) is -3.48. The molecule has 1 N–H and O–H groups in total. The fourth-order valence-corrected chi connectivity index (χ4v) is 3.92. The Morgan fingerprint density at radius 1 is 1.22 bits per heavy atom. The number of halogens is 1. The third kappa shape index (κ3) is 3.04. The second-order valence-corrected chi connectivity index (χ2v) is 7.41. The van der Waals surface area contributed by atoms with Crippen LogP contribution in [0.1, 0.15) is 33.1 Å². The summed E-state index contributed by atoms with van der Waals surface area (Å²) in [5, 5.41) is 10.2. The van der Waals surface area contributed by atoms with Crippen LogP contribution in [0.3, 0.4) is 0 Å². The van der Waals surface area contributed by atoms with E-state index in [4.69, 9.17) is 9.47 Å². The number of esters is 1. The molecule has 126 valence electrons. The molecule has 0 amide bonds. The molecule has 1 fully saturated rings. The Morgan fingerprint density at radius 2 is 1.87 bits per heavy atom. The SMILES string of the molecule is CC1(C)OC(=O)C([C@H]2C(=O)C(Br)=C[C@H]2N2CCCCC2)=C(O)O1. The molecule has 0 saturated carbocycles. The third-order valence-electron chi connectivity index (χ3n) is 4.43. The molecule has 3 rings (SSSR count). The van der Waals surface area contributed by atoms with Gasteiger partial charge in [-0.05, 0) is 47.9 Å². The van der Waals surface area contributed by atoms with Crippen molar-refractivity contribution in [2.75, 3.05) is 13.1 Å². The number of likely N-dealkylation sites (tertiary alicyclic amines) is 1. The van der Waals surface area contributed by atoms with Gasteiger partial charge in [0.1, 0.15) is 5.57 Å². The van der Waals surface area contributed by atoms with Gasteiger partial charge in [0.15, 0.2) is 5.78 Å². The van der Waals surface area contributed by atoms with Gasteiger partial charge < -0.3 is 14.6 Å². The van der Waals surface area contributed by atoms with Gasteiger partial charge in [0.25, 0.3) is 11.7 Å². The molecule has 3 aliphatic rings. The van der Waals surface area contributed by atoms with Gasteiger partial charge in [-0.2, -0.15) is 0 Å². The average molecular weight is 386 g/mol. The molecule has 2 aliphatic heterocycles. The van der Waals surface area contributed by atoms with Gasteiger partial charge in [0.05, 0.1) is 10.4 Å². The molecule has 0 radical (unpaired) electrons. The summed E-state index contributed by atoms with van der Waals surface area (Å²) < 4.78 is 10.9. The molecule has 0 bridgehead atoms. The van der Waals surface area contributed by atoms with E-state index >= 15 is 0 Å².